The standard InChI is InChI=1S/C15H18N4O2/c16-13-4-3-11(20)8-12(13)15(21)19-7-1-2-10(9-19)14-5-6-17-18-14/h3-6,8,10,20H,1-2,7,9,16H2,(H,17,18). The van der Waals surface area contributed by atoms with Gasteiger partial charge in [0.15, 0.2) is 0 Å². The summed E-state index contributed by atoms with van der Waals surface area (Å²) in [6, 6.07) is 6.41. The fraction of sp³-hybridized carbons (Fsp3) is 0.333. The van der Waals surface area contributed by atoms with E-state index in [4.69, 9.17) is 5.73 Å². The van der Waals surface area contributed by atoms with Gasteiger partial charge in [0.2, 0.25) is 0 Å². The lowest BCUT2D eigenvalue weighted by atomic mass is 9.94. The van der Waals surface area contributed by atoms with Crippen LogP contribution < -0.4 is 5.73 Å². The van der Waals surface area contributed by atoms with E-state index in [1.165, 1.54) is 12.1 Å². The number of aromatic nitrogens is 2. The van der Waals surface area contributed by atoms with Crippen molar-refractivity contribution < 1.29 is 9.90 Å². The molecule has 3 rings (SSSR count). The smallest absolute Gasteiger partial charge is 0.256 e. The van der Waals surface area contributed by atoms with Crippen molar-refractivity contribution in [3.05, 3.63) is 41.7 Å². The van der Waals surface area contributed by atoms with Crippen LogP contribution in [0.25, 0.3) is 0 Å². The van der Waals surface area contributed by atoms with Crippen molar-refractivity contribution in [1.82, 2.24) is 15.1 Å². The Labute approximate surface area is 122 Å². The number of H-pyrrole nitrogens is 1. The molecular formula is C15H18N4O2. The van der Waals surface area contributed by atoms with Gasteiger partial charge in [0.1, 0.15) is 5.75 Å². The van der Waals surface area contributed by atoms with Crippen molar-refractivity contribution in [3.63, 3.8) is 0 Å². The van der Waals surface area contributed by atoms with E-state index in [9.17, 15) is 9.90 Å². The predicted octanol–water partition coefficient (Wildman–Crippen LogP) is 1.72. The Morgan fingerprint density at radius 1 is 1.43 bits per heavy atom. The van der Waals surface area contributed by atoms with E-state index in [-0.39, 0.29) is 17.6 Å². The summed E-state index contributed by atoms with van der Waals surface area (Å²) in [4.78, 5) is 14.4. The third kappa shape index (κ3) is 2.69. The molecule has 0 radical (unpaired) electrons. The summed E-state index contributed by atoms with van der Waals surface area (Å²) in [7, 11) is 0. The van der Waals surface area contributed by atoms with Crippen LogP contribution in [-0.2, 0) is 0 Å². The van der Waals surface area contributed by atoms with Gasteiger partial charge < -0.3 is 15.7 Å². The number of hydrogen-bond acceptors (Lipinski definition) is 4. The fourth-order valence-electron chi connectivity index (χ4n) is 2.81. The molecule has 1 amide bonds. The number of hydrogen-bond donors (Lipinski definition) is 3. The van der Waals surface area contributed by atoms with Gasteiger partial charge in [-0.2, -0.15) is 5.10 Å². The van der Waals surface area contributed by atoms with E-state index in [0.29, 0.717) is 24.3 Å². The highest BCUT2D eigenvalue weighted by Gasteiger charge is 2.27. The van der Waals surface area contributed by atoms with E-state index in [0.717, 1.165) is 18.5 Å². The van der Waals surface area contributed by atoms with Crippen LogP contribution in [0.2, 0.25) is 0 Å². The first-order valence-electron chi connectivity index (χ1n) is 7.02. The molecule has 1 aliphatic rings. The average molecular weight is 286 g/mol. The van der Waals surface area contributed by atoms with Crippen molar-refractivity contribution in [2.45, 2.75) is 18.8 Å². The third-order valence-electron chi connectivity index (χ3n) is 3.94. The summed E-state index contributed by atoms with van der Waals surface area (Å²) in [6.07, 6.45) is 3.69. The van der Waals surface area contributed by atoms with Gasteiger partial charge in [-0.15, -0.1) is 0 Å². The van der Waals surface area contributed by atoms with Gasteiger partial charge in [-0.1, -0.05) is 0 Å². The van der Waals surface area contributed by atoms with Crippen LogP contribution >= 0.6 is 0 Å². The predicted molar refractivity (Wildman–Crippen MR) is 79.0 cm³/mol. The molecule has 1 aromatic carbocycles. The number of aromatic amines is 1. The number of nitrogens with zero attached hydrogens (tertiary/aromatic N) is 2. The van der Waals surface area contributed by atoms with Crippen LogP contribution in [0.1, 0.15) is 34.8 Å². The van der Waals surface area contributed by atoms with Crippen LogP contribution in [0.15, 0.2) is 30.5 Å². The lowest BCUT2D eigenvalue weighted by molar-refractivity contribution is 0.0706. The van der Waals surface area contributed by atoms with Crippen molar-refractivity contribution in [2.24, 2.45) is 0 Å². The van der Waals surface area contributed by atoms with Crippen molar-refractivity contribution in [3.8, 4) is 5.75 Å². The second-order valence-corrected chi connectivity index (χ2v) is 5.37. The van der Waals surface area contributed by atoms with Crippen molar-refractivity contribution in [1.29, 1.82) is 0 Å². The van der Waals surface area contributed by atoms with Gasteiger partial charge in [0.05, 0.1) is 5.56 Å². The van der Waals surface area contributed by atoms with Crippen LogP contribution in [0, 0.1) is 0 Å². The number of nitrogen functional groups attached to an aromatic ring is 1. The van der Waals surface area contributed by atoms with Gasteiger partial charge >= 0.3 is 0 Å². The molecule has 1 aliphatic heterocycles. The minimum absolute atomic E-state index is 0.0506. The molecule has 0 spiro atoms. The summed E-state index contributed by atoms with van der Waals surface area (Å²) < 4.78 is 0. The summed E-state index contributed by atoms with van der Waals surface area (Å²) in [6.45, 7) is 1.34. The quantitative estimate of drug-likeness (QED) is 0.578. The number of likely N-dealkylation sites (tertiary alicyclic amines) is 1. The zero-order valence-electron chi connectivity index (χ0n) is 11.6. The van der Waals surface area contributed by atoms with Crippen molar-refractivity contribution in [2.75, 3.05) is 18.8 Å². The first kappa shape index (κ1) is 13.5. The van der Waals surface area contributed by atoms with Crippen molar-refractivity contribution >= 4 is 11.6 Å². The number of rotatable bonds is 2. The molecule has 0 bridgehead atoms. The second kappa shape index (κ2) is 5.47. The number of aromatic hydroxyl groups is 1. The van der Waals surface area contributed by atoms with Gasteiger partial charge in [0.25, 0.3) is 5.91 Å². The molecule has 2 heterocycles. The first-order chi connectivity index (χ1) is 10.1. The Balaban J connectivity index is 1.79. The van der Waals surface area contributed by atoms with Gasteiger partial charge in [0, 0.05) is 36.6 Å². The molecule has 1 saturated heterocycles. The Bertz CT molecular complexity index is 639. The molecule has 2 aromatic rings. The Hall–Kier alpha value is -2.50. The molecular weight excluding hydrogens is 268 g/mol. The minimum atomic E-state index is -0.132. The Morgan fingerprint density at radius 3 is 3.05 bits per heavy atom. The molecule has 21 heavy (non-hydrogen) atoms. The number of carbonyl (C=O) groups is 1. The number of amides is 1. The van der Waals surface area contributed by atoms with Crippen LogP contribution in [0.5, 0.6) is 5.75 Å². The van der Waals surface area contributed by atoms with Crippen LogP contribution in [0.4, 0.5) is 5.69 Å². The lowest BCUT2D eigenvalue weighted by Gasteiger charge is -2.32. The number of benzene rings is 1. The third-order valence-corrected chi connectivity index (χ3v) is 3.94. The van der Waals surface area contributed by atoms with Gasteiger partial charge in [-0.05, 0) is 37.1 Å². The largest absolute Gasteiger partial charge is 0.508 e. The van der Waals surface area contributed by atoms with Gasteiger partial charge in [-0.25, -0.2) is 0 Å². The number of anilines is 1. The zero-order chi connectivity index (χ0) is 14.8. The highest BCUT2D eigenvalue weighted by molar-refractivity contribution is 5.99. The number of phenolic OH excluding ortho intramolecular Hbond substituents is 1. The average Bonchev–Trinajstić information content (AvgIpc) is 3.03. The lowest BCUT2D eigenvalue weighted by Crippen LogP contribution is -2.39. The SMILES string of the molecule is Nc1ccc(O)cc1C(=O)N1CCCC(c2ccn[nH]2)C1. The molecule has 0 aliphatic carbocycles. The summed E-state index contributed by atoms with van der Waals surface area (Å²) in [5, 5.41) is 16.5. The molecule has 1 atom stereocenters. The molecule has 1 unspecified atom stereocenters. The molecule has 6 nitrogen and oxygen atoms in total. The van der Waals surface area contributed by atoms with Crippen LogP contribution in [0.3, 0.4) is 0 Å². The molecule has 6 heteroatoms. The maximum absolute atomic E-state index is 12.6. The summed E-state index contributed by atoms with van der Waals surface area (Å²) >= 11 is 0. The number of nitrogens with one attached hydrogen (secondary N) is 1. The zero-order valence-corrected chi connectivity index (χ0v) is 11.6. The molecule has 110 valence electrons. The van der Waals surface area contributed by atoms with E-state index in [1.54, 1.807) is 17.2 Å². The Morgan fingerprint density at radius 2 is 2.29 bits per heavy atom. The summed E-state index contributed by atoms with van der Waals surface area (Å²) in [5.74, 6) is 0.186. The van der Waals surface area contributed by atoms with E-state index >= 15 is 0 Å². The maximum Gasteiger partial charge on any atom is 0.256 e. The molecule has 1 fully saturated rings. The highest BCUT2D eigenvalue weighted by Crippen LogP contribution is 2.28. The normalized spacial score (nSPS) is 18.7. The van der Waals surface area contributed by atoms with E-state index in [2.05, 4.69) is 10.2 Å². The monoisotopic (exact) mass is 286 g/mol. The van der Waals surface area contributed by atoms with Gasteiger partial charge in [-0.3, -0.25) is 9.89 Å². The summed E-state index contributed by atoms with van der Waals surface area (Å²) in [5.41, 5.74) is 7.66. The maximum atomic E-state index is 12.6. The number of nitrogens with two attached hydrogens (primary N) is 1. The number of piperidine rings is 1. The minimum Gasteiger partial charge on any atom is -0.508 e. The topological polar surface area (TPSA) is 95.2 Å². The molecule has 1 aromatic heterocycles. The molecule has 4 N–H and O–H groups in total. The Kier molecular flexibility index (Phi) is 3.51. The van der Waals surface area contributed by atoms with Crippen LogP contribution in [-0.4, -0.2) is 39.2 Å². The van der Waals surface area contributed by atoms with E-state index < -0.39 is 0 Å². The fourth-order valence-corrected chi connectivity index (χ4v) is 2.81. The second-order valence-electron chi connectivity index (χ2n) is 5.37. The molecule has 0 saturated carbocycles. The van der Waals surface area contributed by atoms with E-state index in [1.807, 2.05) is 6.07 Å². The number of carbonyl (C=O) groups excluding carboxylic acids is 1. The first-order valence-corrected chi connectivity index (χ1v) is 7.02. The highest BCUT2D eigenvalue weighted by atomic mass is 16.3. The number of phenols is 1.